The minimum Gasteiger partial charge on any atom is -0.378 e. The van der Waals surface area contributed by atoms with Crippen molar-refractivity contribution < 1.29 is 17.9 Å². The third-order valence-corrected chi connectivity index (χ3v) is 4.20. The van der Waals surface area contributed by atoms with E-state index in [1.54, 1.807) is 0 Å². The molecule has 0 bridgehead atoms. The van der Waals surface area contributed by atoms with Crippen LogP contribution in [-0.4, -0.2) is 29.0 Å². The van der Waals surface area contributed by atoms with E-state index < -0.39 is 11.9 Å². The molecule has 2 atom stereocenters. The fourth-order valence-electron chi connectivity index (χ4n) is 2.87. The lowest BCUT2D eigenvalue weighted by molar-refractivity contribution is -0.141. The number of hydrogen-bond acceptors (Lipinski definition) is 4. The quantitative estimate of drug-likeness (QED) is 0.895. The van der Waals surface area contributed by atoms with Crippen LogP contribution >= 0.6 is 0 Å². The van der Waals surface area contributed by atoms with Gasteiger partial charge >= 0.3 is 6.18 Å². The number of nitrogens with one attached hydrogen (secondary N) is 1. The van der Waals surface area contributed by atoms with Crippen LogP contribution in [-0.2, 0) is 10.9 Å². The molecule has 7 heteroatoms. The molecule has 0 aromatic carbocycles. The van der Waals surface area contributed by atoms with Gasteiger partial charge in [-0.1, -0.05) is 26.7 Å². The minimum atomic E-state index is -4.45. The molecule has 1 saturated heterocycles. The smallest absolute Gasteiger partial charge is 0.378 e. The summed E-state index contributed by atoms with van der Waals surface area (Å²) >= 11 is 0. The SMILES string of the molecule is CCC(CC)C1CC(Nc2ccc(C(F)(F)F)nn2)CCO1. The van der Waals surface area contributed by atoms with Gasteiger partial charge in [-0.15, -0.1) is 10.2 Å². The molecule has 1 aliphatic rings. The highest BCUT2D eigenvalue weighted by Crippen LogP contribution is 2.28. The summed E-state index contributed by atoms with van der Waals surface area (Å²) in [6.45, 7) is 4.96. The number of hydrogen-bond donors (Lipinski definition) is 1. The monoisotopic (exact) mass is 317 g/mol. The lowest BCUT2D eigenvalue weighted by Gasteiger charge is -2.34. The van der Waals surface area contributed by atoms with Crippen LogP contribution in [0.2, 0.25) is 0 Å². The lowest BCUT2D eigenvalue weighted by Crippen LogP contribution is -2.38. The predicted molar refractivity (Wildman–Crippen MR) is 77.5 cm³/mol. The third kappa shape index (κ3) is 4.32. The van der Waals surface area contributed by atoms with Gasteiger partial charge in [0.05, 0.1) is 6.10 Å². The Bertz CT molecular complexity index is 460. The van der Waals surface area contributed by atoms with Gasteiger partial charge in [0.2, 0.25) is 0 Å². The molecule has 1 aliphatic heterocycles. The van der Waals surface area contributed by atoms with E-state index in [4.69, 9.17) is 4.74 Å². The number of alkyl halides is 3. The second-order valence-corrected chi connectivity index (χ2v) is 5.65. The number of ether oxygens (including phenoxy) is 1. The van der Waals surface area contributed by atoms with Crippen molar-refractivity contribution in [3.05, 3.63) is 17.8 Å². The van der Waals surface area contributed by atoms with Gasteiger partial charge in [-0.2, -0.15) is 13.2 Å². The largest absolute Gasteiger partial charge is 0.435 e. The van der Waals surface area contributed by atoms with Crippen LogP contribution in [0.4, 0.5) is 19.0 Å². The molecule has 4 nitrogen and oxygen atoms in total. The van der Waals surface area contributed by atoms with Crippen LogP contribution in [0.25, 0.3) is 0 Å². The van der Waals surface area contributed by atoms with E-state index in [0.717, 1.165) is 31.7 Å². The van der Waals surface area contributed by atoms with Gasteiger partial charge in [0.15, 0.2) is 5.69 Å². The molecule has 1 N–H and O–H groups in total. The first kappa shape index (κ1) is 17.0. The van der Waals surface area contributed by atoms with Crippen LogP contribution in [0.1, 0.15) is 45.2 Å². The first-order valence-electron chi connectivity index (χ1n) is 7.73. The summed E-state index contributed by atoms with van der Waals surface area (Å²) < 4.78 is 43.2. The number of rotatable bonds is 5. The van der Waals surface area contributed by atoms with E-state index in [9.17, 15) is 13.2 Å². The highest BCUT2D eigenvalue weighted by molar-refractivity contribution is 5.34. The first-order valence-corrected chi connectivity index (χ1v) is 7.73. The molecule has 2 heterocycles. The second-order valence-electron chi connectivity index (χ2n) is 5.65. The van der Waals surface area contributed by atoms with Crippen molar-refractivity contribution in [3.63, 3.8) is 0 Å². The number of nitrogens with zero attached hydrogens (tertiary/aromatic N) is 2. The second kappa shape index (κ2) is 7.26. The Morgan fingerprint density at radius 3 is 2.55 bits per heavy atom. The summed E-state index contributed by atoms with van der Waals surface area (Å²) in [4.78, 5) is 0. The number of aromatic nitrogens is 2. The average Bonchev–Trinajstić information content (AvgIpc) is 2.48. The van der Waals surface area contributed by atoms with Gasteiger partial charge in [-0.05, 0) is 30.9 Å². The summed E-state index contributed by atoms with van der Waals surface area (Å²) in [5, 5.41) is 10.0. The molecular formula is C15H22F3N3O. The molecule has 1 aromatic heterocycles. The van der Waals surface area contributed by atoms with Crippen LogP contribution in [0.15, 0.2) is 12.1 Å². The summed E-state index contributed by atoms with van der Waals surface area (Å²) in [5.41, 5.74) is -0.972. The van der Waals surface area contributed by atoms with Crippen molar-refractivity contribution in [1.29, 1.82) is 0 Å². The van der Waals surface area contributed by atoms with Gasteiger partial charge in [0.25, 0.3) is 0 Å². The molecule has 0 aliphatic carbocycles. The van der Waals surface area contributed by atoms with Gasteiger partial charge in [0, 0.05) is 12.6 Å². The Morgan fingerprint density at radius 1 is 1.27 bits per heavy atom. The average molecular weight is 317 g/mol. The maximum absolute atomic E-state index is 12.5. The molecule has 22 heavy (non-hydrogen) atoms. The maximum Gasteiger partial charge on any atom is 0.435 e. The molecule has 1 fully saturated rings. The van der Waals surface area contributed by atoms with Crippen molar-refractivity contribution in [2.24, 2.45) is 5.92 Å². The van der Waals surface area contributed by atoms with Crippen molar-refractivity contribution in [1.82, 2.24) is 10.2 Å². The normalized spacial score (nSPS) is 22.8. The summed E-state index contributed by atoms with van der Waals surface area (Å²) in [7, 11) is 0. The van der Waals surface area contributed by atoms with Gasteiger partial charge < -0.3 is 10.1 Å². The van der Waals surface area contributed by atoms with E-state index >= 15 is 0 Å². The van der Waals surface area contributed by atoms with Crippen LogP contribution < -0.4 is 5.32 Å². The minimum absolute atomic E-state index is 0.158. The summed E-state index contributed by atoms with van der Waals surface area (Å²) in [6.07, 6.45) is -0.468. The highest BCUT2D eigenvalue weighted by atomic mass is 19.4. The van der Waals surface area contributed by atoms with E-state index in [1.807, 2.05) is 0 Å². The van der Waals surface area contributed by atoms with E-state index in [1.165, 1.54) is 6.07 Å². The molecule has 124 valence electrons. The zero-order chi connectivity index (χ0) is 16.2. The maximum atomic E-state index is 12.5. The first-order chi connectivity index (χ1) is 10.4. The van der Waals surface area contributed by atoms with Gasteiger partial charge in [-0.3, -0.25) is 0 Å². The van der Waals surface area contributed by atoms with Crippen molar-refractivity contribution in [2.45, 2.75) is 57.9 Å². The fourth-order valence-corrected chi connectivity index (χ4v) is 2.87. The lowest BCUT2D eigenvalue weighted by atomic mass is 9.89. The van der Waals surface area contributed by atoms with E-state index in [2.05, 4.69) is 29.4 Å². The number of halogens is 3. The van der Waals surface area contributed by atoms with Gasteiger partial charge in [-0.25, -0.2) is 0 Å². The summed E-state index contributed by atoms with van der Waals surface area (Å²) in [5.74, 6) is 0.895. The molecule has 0 saturated carbocycles. The molecule has 1 aromatic rings. The van der Waals surface area contributed by atoms with E-state index in [0.29, 0.717) is 18.3 Å². The van der Waals surface area contributed by atoms with Crippen LogP contribution in [0, 0.1) is 5.92 Å². The Balaban J connectivity index is 1.95. The molecule has 0 spiro atoms. The Morgan fingerprint density at radius 2 is 2.00 bits per heavy atom. The topological polar surface area (TPSA) is 47.0 Å². The molecule has 0 radical (unpaired) electrons. The van der Waals surface area contributed by atoms with E-state index in [-0.39, 0.29) is 12.1 Å². The standard InChI is InChI=1S/C15H22F3N3O/c1-3-10(4-2)12-9-11(7-8-22-12)19-14-6-5-13(20-21-14)15(16,17)18/h5-6,10-12H,3-4,7-9H2,1-2H3,(H,19,21). The molecule has 0 amide bonds. The molecule has 2 unspecified atom stereocenters. The van der Waals surface area contributed by atoms with Crippen LogP contribution in [0.3, 0.4) is 0 Å². The van der Waals surface area contributed by atoms with Crippen molar-refractivity contribution in [2.75, 3.05) is 11.9 Å². The zero-order valence-electron chi connectivity index (χ0n) is 12.9. The highest BCUT2D eigenvalue weighted by Gasteiger charge is 2.33. The fraction of sp³-hybridized carbons (Fsp3) is 0.733. The summed E-state index contributed by atoms with van der Waals surface area (Å²) in [6, 6.07) is 2.44. The van der Waals surface area contributed by atoms with Crippen LogP contribution in [0.5, 0.6) is 0 Å². The third-order valence-electron chi connectivity index (χ3n) is 4.20. The van der Waals surface area contributed by atoms with Crippen molar-refractivity contribution >= 4 is 5.82 Å². The molecular weight excluding hydrogens is 295 g/mol. The Labute approximate surface area is 128 Å². The molecule has 2 rings (SSSR count). The predicted octanol–water partition coefficient (Wildman–Crippen LogP) is 3.89. The van der Waals surface area contributed by atoms with Gasteiger partial charge in [0.1, 0.15) is 5.82 Å². The Kier molecular flexibility index (Phi) is 5.61. The van der Waals surface area contributed by atoms with Crippen molar-refractivity contribution in [3.8, 4) is 0 Å². The number of anilines is 1. The Hall–Kier alpha value is -1.37. The zero-order valence-corrected chi connectivity index (χ0v) is 12.9.